The van der Waals surface area contributed by atoms with Crippen molar-refractivity contribution >= 4 is 12.0 Å². The van der Waals surface area contributed by atoms with Gasteiger partial charge in [-0.05, 0) is 13.3 Å². The van der Waals surface area contributed by atoms with Gasteiger partial charge in [0.2, 0.25) is 0 Å². The molecule has 1 aliphatic carbocycles. The first-order valence-electron chi connectivity index (χ1n) is 7.68. The van der Waals surface area contributed by atoms with Gasteiger partial charge in [-0.25, -0.2) is 4.79 Å². The summed E-state index contributed by atoms with van der Waals surface area (Å²) in [4.78, 5) is 24.1. The van der Waals surface area contributed by atoms with Gasteiger partial charge < -0.3 is 24.8 Å². The zero-order valence-electron chi connectivity index (χ0n) is 13.4. The number of carboxylic acid groups (broad SMARTS) is 1. The van der Waals surface area contributed by atoms with E-state index in [-0.39, 0.29) is 18.2 Å². The summed E-state index contributed by atoms with van der Waals surface area (Å²) in [6.45, 7) is 1.19. The number of carboxylic acids is 1. The highest BCUT2D eigenvalue weighted by Gasteiger charge is 2.54. The topological polar surface area (TPSA) is 88.1 Å². The van der Waals surface area contributed by atoms with Gasteiger partial charge in [0.15, 0.2) is 0 Å². The number of methoxy groups -OCH3 is 1. The van der Waals surface area contributed by atoms with Crippen LogP contribution in [0.4, 0.5) is 18.0 Å². The summed E-state index contributed by atoms with van der Waals surface area (Å²) in [7, 11) is 1.46. The van der Waals surface area contributed by atoms with E-state index in [4.69, 9.17) is 14.6 Å². The third-order valence-electron chi connectivity index (χ3n) is 4.56. The Hall–Kier alpha value is -1.55. The molecule has 1 saturated heterocycles. The smallest absolute Gasteiger partial charge is 0.394 e. The molecule has 2 fully saturated rings. The number of halogens is 3. The van der Waals surface area contributed by atoms with Crippen molar-refractivity contribution in [1.29, 1.82) is 0 Å². The molecule has 0 aromatic heterocycles. The Morgan fingerprint density at radius 2 is 2.00 bits per heavy atom. The van der Waals surface area contributed by atoms with Gasteiger partial charge in [-0.1, -0.05) is 0 Å². The lowest BCUT2D eigenvalue weighted by Gasteiger charge is -2.43. The average molecular weight is 354 g/mol. The summed E-state index contributed by atoms with van der Waals surface area (Å²) < 4.78 is 49.5. The van der Waals surface area contributed by atoms with Crippen LogP contribution < -0.4 is 5.32 Å². The number of alkyl halides is 3. The van der Waals surface area contributed by atoms with E-state index >= 15 is 0 Å². The van der Waals surface area contributed by atoms with Gasteiger partial charge in [0, 0.05) is 26.8 Å². The monoisotopic (exact) mass is 354 g/mol. The summed E-state index contributed by atoms with van der Waals surface area (Å²) in [5, 5.41) is 11.6. The summed E-state index contributed by atoms with van der Waals surface area (Å²) in [5.41, 5.74) is 0. The minimum absolute atomic E-state index is 0.168. The Balaban J connectivity index is 1.95. The fourth-order valence-corrected chi connectivity index (χ4v) is 3.22. The van der Waals surface area contributed by atoms with E-state index in [9.17, 15) is 22.8 Å². The van der Waals surface area contributed by atoms with Crippen LogP contribution in [0.25, 0.3) is 0 Å². The normalized spacial score (nSPS) is 33.2. The SMILES string of the molecule is CCOC1CC(NC(=O)N2C[C@@H](C(F)(F)F)[C@H](C(=O)O)C2)C1OC. The van der Waals surface area contributed by atoms with Crippen LogP contribution in [0.5, 0.6) is 0 Å². The lowest BCUT2D eigenvalue weighted by atomic mass is 9.85. The first-order chi connectivity index (χ1) is 11.2. The maximum Gasteiger partial charge on any atom is 0.394 e. The van der Waals surface area contributed by atoms with Crippen molar-refractivity contribution in [3.05, 3.63) is 0 Å². The van der Waals surface area contributed by atoms with Crippen LogP contribution in [-0.2, 0) is 14.3 Å². The van der Waals surface area contributed by atoms with Crippen molar-refractivity contribution in [2.24, 2.45) is 11.8 Å². The lowest BCUT2D eigenvalue weighted by molar-refractivity contribution is -0.187. The number of carbonyl (C=O) groups excluding carboxylic acids is 1. The number of rotatable bonds is 5. The molecule has 0 bridgehead atoms. The van der Waals surface area contributed by atoms with E-state index in [0.717, 1.165) is 4.90 Å². The van der Waals surface area contributed by atoms with Crippen LogP contribution in [0.2, 0.25) is 0 Å². The molecule has 0 aromatic carbocycles. The molecule has 1 aliphatic heterocycles. The number of aliphatic carboxylic acids is 1. The number of urea groups is 1. The fourth-order valence-electron chi connectivity index (χ4n) is 3.22. The van der Waals surface area contributed by atoms with Crippen molar-refractivity contribution in [3.63, 3.8) is 0 Å². The third kappa shape index (κ3) is 3.75. The van der Waals surface area contributed by atoms with E-state index < -0.39 is 43.1 Å². The third-order valence-corrected chi connectivity index (χ3v) is 4.56. The van der Waals surface area contributed by atoms with Crippen LogP contribution >= 0.6 is 0 Å². The lowest BCUT2D eigenvalue weighted by Crippen LogP contribution is -2.62. The first kappa shape index (κ1) is 18.8. The molecule has 0 aromatic rings. The van der Waals surface area contributed by atoms with Crippen LogP contribution in [-0.4, -0.2) is 73.2 Å². The van der Waals surface area contributed by atoms with Crippen molar-refractivity contribution in [3.8, 4) is 0 Å². The molecule has 3 unspecified atom stereocenters. The molecule has 2 aliphatic rings. The molecule has 2 N–H and O–H groups in total. The number of amides is 2. The van der Waals surface area contributed by atoms with Gasteiger partial charge in [-0.2, -0.15) is 13.2 Å². The van der Waals surface area contributed by atoms with Gasteiger partial charge in [-0.3, -0.25) is 4.79 Å². The molecule has 0 radical (unpaired) electrons. The molecule has 138 valence electrons. The Kier molecular flexibility index (Phi) is 5.59. The Morgan fingerprint density at radius 1 is 1.33 bits per heavy atom. The fraction of sp³-hybridized carbons (Fsp3) is 0.857. The number of ether oxygens (including phenoxy) is 2. The minimum atomic E-state index is -4.66. The number of carbonyl (C=O) groups is 2. The predicted molar refractivity (Wildman–Crippen MR) is 75.4 cm³/mol. The molecular weight excluding hydrogens is 333 g/mol. The van der Waals surface area contributed by atoms with Gasteiger partial charge >= 0.3 is 18.2 Å². The average Bonchev–Trinajstić information content (AvgIpc) is 2.91. The van der Waals surface area contributed by atoms with Crippen LogP contribution in [0, 0.1) is 11.8 Å². The van der Waals surface area contributed by atoms with Crippen molar-refractivity contribution in [1.82, 2.24) is 10.2 Å². The number of hydrogen-bond donors (Lipinski definition) is 2. The highest BCUT2D eigenvalue weighted by molar-refractivity contribution is 5.78. The molecule has 0 spiro atoms. The Labute approximate surface area is 137 Å². The van der Waals surface area contributed by atoms with Crippen molar-refractivity contribution in [2.75, 3.05) is 26.8 Å². The van der Waals surface area contributed by atoms with Crippen molar-refractivity contribution in [2.45, 2.75) is 37.8 Å². The number of likely N-dealkylation sites (tertiary alicyclic amines) is 1. The molecule has 5 atom stereocenters. The second-order valence-electron chi connectivity index (χ2n) is 5.98. The number of nitrogens with zero attached hydrogens (tertiary/aromatic N) is 1. The van der Waals surface area contributed by atoms with Gasteiger partial charge in [0.05, 0.1) is 24.0 Å². The van der Waals surface area contributed by atoms with E-state index in [2.05, 4.69) is 5.32 Å². The Morgan fingerprint density at radius 3 is 2.46 bits per heavy atom. The van der Waals surface area contributed by atoms with Crippen molar-refractivity contribution < 1.29 is 37.3 Å². The molecule has 24 heavy (non-hydrogen) atoms. The Bertz CT molecular complexity index is 488. The minimum Gasteiger partial charge on any atom is -0.481 e. The zero-order valence-corrected chi connectivity index (χ0v) is 13.4. The summed E-state index contributed by atoms with van der Waals surface area (Å²) in [6, 6.07) is -1.08. The van der Waals surface area contributed by atoms with Gasteiger partial charge in [-0.15, -0.1) is 0 Å². The quantitative estimate of drug-likeness (QED) is 0.771. The molecular formula is C14H21F3N2O5. The molecule has 1 heterocycles. The van der Waals surface area contributed by atoms with Crippen LogP contribution in [0.3, 0.4) is 0 Å². The van der Waals surface area contributed by atoms with Crippen LogP contribution in [0.15, 0.2) is 0 Å². The summed E-state index contributed by atoms with van der Waals surface area (Å²) >= 11 is 0. The number of hydrogen-bond acceptors (Lipinski definition) is 4. The zero-order chi connectivity index (χ0) is 18.1. The first-order valence-corrected chi connectivity index (χ1v) is 7.68. The molecule has 1 saturated carbocycles. The molecule has 2 amide bonds. The van der Waals surface area contributed by atoms with Gasteiger partial charge in [0.25, 0.3) is 0 Å². The summed E-state index contributed by atoms with van der Waals surface area (Å²) in [6.07, 6.45) is -4.70. The maximum atomic E-state index is 12.9. The van der Waals surface area contributed by atoms with E-state index in [1.54, 1.807) is 0 Å². The second kappa shape index (κ2) is 7.14. The maximum absolute atomic E-state index is 12.9. The molecule has 2 rings (SSSR count). The predicted octanol–water partition coefficient (Wildman–Crippen LogP) is 1.08. The van der Waals surface area contributed by atoms with Gasteiger partial charge in [0.1, 0.15) is 6.10 Å². The second-order valence-corrected chi connectivity index (χ2v) is 5.98. The van der Waals surface area contributed by atoms with E-state index in [1.807, 2.05) is 6.92 Å². The molecule has 10 heteroatoms. The number of nitrogens with one attached hydrogen (secondary N) is 1. The standard InChI is InChI=1S/C14H21F3N2O5/c1-3-24-10-4-9(11(10)23-2)18-13(22)19-5-7(12(20)21)8(6-19)14(15,16)17/h7-11H,3-6H2,1-2H3,(H,18,22)(H,20,21)/t7-,8-,9?,10?,11?/m1/s1. The molecule has 7 nitrogen and oxygen atoms in total. The highest BCUT2D eigenvalue weighted by Crippen LogP contribution is 2.38. The van der Waals surface area contributed by atoms with E-state index in [0.29, 0.717) is 13.0 Å². The van der Waals surface area contributed by atoms with Crippen LogP contribution in [0.1, 0.15) is 13.3 Å². The van der Waals surface area contributed by atoms with E-state index in [1.165, 1.54) is 7.11 Å². The highest BCUT2D eigenvalue weighted by atomic mass is 19.4. The largest absolute Gasteiger partial charge is 0.481 e. The summed E-state index contributed by atoms with van der Waals surface area (Å²) in [5.74, 6) is -5.26.